The van der Waals surface area contributed by atoms with E-state index in [2.05, 4.69) is 10.6 Å². The molecule has 0 aromatic rings. The number of aliphatic carboxylic acids is 1. The first-order chi connectivity index (χ1) is 8.04. The maximum atomic E-state index is 11.5. The molecule has 0 bridgehead atoms. The Bertz CT molecular complexity index is 388. The first-order valence-corrected chi connectivity index (χ1v) is 5.88. The Labute approximate surface area is 106 Å². The molecular formula is C12H20N2O4. The SMILES string of the molecule is CC(C)(CC(=O)NC(=O)NC1CC1(C)C)C(=O)O. The van der Waals surface area contributed by atoms with Gasteiger partial charge in [0.2, 0.25) is 5.91 Å². The van der Waals surface area contributed by atoms with E-state index in [4.69, 9.17) is 5.11 Å². The number of carboxylic acids is 1. The van der Waals surface area contributed by atoms with Crippen LogP contribution >= 0.6 is 0 Å². The van der Waals surface area contributed by atoms with Gasteiger partial charge in [-0.15, -0.1) is 0 Å². The molecule has 0 aromatic heterocycles. The molecule has 3 amide bonds. The summed E-state index contributed by atoms with van der Waals surface area (Å²) >= 11 is 0. The van der Waals surface area contributed by atoms with Crippen LogP contribution in [0.1, 0.15) is 40.5 Å². The highest BCUT2D eigenvalue weighted by molar-refractivity contribution is 5.96. The molecule has 1 unspecified atom stereocenters. The predicted octanol–water partition coefficient (Wildman–Crippen LogP) is 1.11. The van der Waals surface area contributed by atoms with Crippen LogP contribution in [-0.4, -0.2) is 29.1 Å². The van der Waals surface area contributed by atoms with Crippen LogP contribution < -0.4 is 10.6 Å². The number of hydrogen-bond donors (Lipinski definition) is 3. The van der Waals surface area contributed by atoms with Gasteiger partial charge >= 0.3 is 12.0 Å². The first-order valence-electron chi connectivity index (χ1n) is 5.88. The monoisotopic (exact) mass is 256 g/mol. The van der Waals surface area contributed by atoms with Crippen molar-refractivity contribution in [2.45, 2.75) is 46.6 Å². The fourth-order valence-electron chi connectivity index (χ4n) is 1.56. The standard InChI is InChI=1S/C12H20N2O4/c1-11(2)5-7(11)13-10(18)14-8(15)6-12(3,4)9(16)17/h7H,5-6H2,1-4H3,(H,16,17)(H2,13,14,15,18). The lowest BCUT2D eigenvalue weighted by Gasteiger charge is -2.18. The van der Waals surface area contributed by atoms with E-state index in [9.17, 15) is 14.4 Å². The lowest BCUT2D eigenvalue weighted by Crippen LogP contribution is -2.43. The number of carboxylic acid groups (broad SMARTS) is 1. The van der Waals surface area contributed by atoms with Crippen molar-refractivity contribution in [2.24, 2.45) is 10.8 Å². The largest absolute Gasteiger partial charge is 0.481 e. The molecule has 0 saturated heterocycles. The summed E-state index contributed by atoms with van der Waals surface area (Å²) < 4.78 is 0. The van der Waals surface area contributed by atoms with Crippen LogP contribution in [0, 0.1) is 10.8 Å². The number of urea groups is 1. The van der Waals surface area contributed by atoms with Gasteiger partial charge in [0.05, 0.1) is 5.41 Å². The van der Waals surface area contributed by atoms with Crippen LogP contribution in [0.5, 0.6) is 0 Å². The summed E-state index contributed by atoms with van der Waals surface area (Å²) in [4.78, 5) is 33.8. The molecule has 18 heavy (non-hydrogen) atoms. The number of rotatable bonds is 4. The molecule has 1 rings (SSSR count). The van der Waals surface area contributed by atoms with Crippen LogP contribution in [0.15, 0.2) is 0 Å². The Kier molecular flexibility index (Phi) is 3.69. The molecule has 1 aliphatic rings. The third-order valence-corrected chi connectivity index (χ3v) is 3.25. The Morgan fingerprint density at radius 3 is 2.22 bits per heavy atom. The van der Waals surface area contributed by atoms with E-state index < -0.39 is 23.3 Å². The second kappa shape index (κ2) is 4.59. The second-order valence-electron chi connectivity index (χ2n) is 6.13. The van der Waals surface area contributed by atoms with Crippen LogP contribution in [0.2, 0.25) is 0 Å². The van der Waals surface area contributed by atoms with Crippen molar-refractivity contribution in [2.75, 3.05) is 0 Å². The third kappa shape index (κ3) is 3.72. The lowest BCUT2D eigenvalue weighted by atomic mass is 9.89. The predicted molar refractivity (Wildman–Crippen MR) is 64.9 cm³/mol. The summed E-state index contributed by atoms with van der Waals surface area (Å²) in [6.45, 7) is 6.92. The normalized spacial score (nSPS) is 21.0. The van der Waals surface area contributed by atoms with Crippen LogP contribution in [-0.2, 0) is 9.59 Å². The van der Waals surface area contributed by atoms with Crippen molar-refractivity contribution < 1.29 is 19.5 Å². The summed E-state index contributed by atoms with van der Waals surface area (Å²) in [7, 11) is 0. The molecule has 0 aliphatic heterocycles. The van der Waals surface area contributed by atoms with Crippen molar-refractivity contribution in [1.29, 1.82) is 0 Å². The molecule has 6 nitrogen and oxygen atoms in total. The van der Waals surface area contributed by atoms with Crippen molar-refractivity contribution in [3.8, 4) is 0 Å². The van der Waals surface area contributed by atoms with Gasteiger partial charge in [0.25, 0.3) is 0 Å². The zero-order chi connectivity index (χ0) is 14.1. The maximum absolute atomic E-state index is 11.5. The molecule has 0 aromatic carbocycles. The maximum Gasteiger partial charge on any atom is 0.321 e. The molecule has 0 spiro atoms. The van der Waals surface area contributed by atoms with Gasteiger partial charge in [0.15, 0.2) is 0 Å². The van der Waals surface area contributed by atoms with Crippen LogP contribution in [0.4, 0.5) is 4.79 Å². The molecule has 1 saturated carbocycles. The Morgan fingerprint density at radius 2 is 1.83 bits per heavy atom. The first kappa shape index (κ1) is 14.5. The van der Waals surface area contributed by atoms with Gasteiger partial charge in [-0.1, -0.05) is 13.8 Å². The molecule has 102 valence electrons. The van der Waals surface area contributed by atoms with Gasteiger partial charge in [0.1, 0.15) is 0 Å². The Balaban J connectivity index is 2.37. The highest BCUT2D eigenvalue weighted by Gasteiger charge is 2.46. The fraction of sp³-hybridized carbons (Fsp3) is 0.750. The molecule has 3 N–H and O–H groups in total. The number of hydrogen-bond acceptors (Lipinski definition) is 3. The third-order valence-electron chi connectivity index (χ3n) is 3.25. The van der Waals surface area contributed by atoms with E-state index in [1.165, 1.54) is 13.8 Å². The smallest absolute Gasteiger partial charge is 0.321 e. The van der Waals surface area contributed by atoms with E-state index in [0.717, 1.165) is 6.42 Å². The van der Waals surface area contributed by atoms with E-state index >= 15 is 0 Å². The van der Waals surface area contributed by atoms with Crippen LogP contribution in [0.25, 0.3) is 0 Å². The van der Waals surface area contributed by atoms with E-state index in [-0.39, 0.29) is 17.9 Å². The summed E-state index contributed by atoms with van der Waals surface area (Å²) in [5, 5.41) is 13.7. The van der Waals surface area contributed by atoms with Gasteiger partial charge in [-0.3, -0.25) is 14.9 Å². The number of carbonyl (C=O) groups is 3. The Hall–Kier alpha value is -1.59. The molecule has 0 heterocycles. The van der Waals surface area contributed by atoms with Crippen molar-refractivity contribution >= 4 is 17.9 Å². The van der Waals surface area contributed by atoms with Gasteiger partial charge < -0.3 is 10.4 Å². The molecule has 0 radical (unpaired) electrons. The molecule has 1 fully saturated rings. The zero-order valence-electron chi connectivity index (χ0n) is 11.2. The second-order valence-corrected chi connectivity index (χ2v) is 6.13. The van der Waals surface area contributed by atoms with Crippen LogP contribution in [0.3, 0.4) is 0 Å². The van der Waals surface area contributed by atoms with E-state index in [1.807, 2.05) is 13.8 Å². The summed E-state index contributed by atoms with van der Waals surface area (Å²) in [5.41, 5.74) is -1.09. The number of imide groups is 1. The summed E-state index contributed by atoms with van der Waals surface area (Å²) in [5.74, 6) is -1.65. The molecular weight excluding hydrogens is 236 g/mol. The van der Waals surface area contributed by atoms with Gasteiger partial charge in [-0.25, -0.2) is 4.79 Å². The highest BCUT2D eigenvalue weighted by atomic mass is 16.4. The number of nitrogens with one attached hydrogen (secondary N) is 2. The zero-order valence-corrected chi connectivity index (χ0v) is 11.2. The van der Waals surface area contributed by atoms with Crippen molar-refractivity contribution in [3.63, 3.8) is 0 Å². The quantitative estimate of drug-likeness (QED) is 0.702. The lowest BCUT2D eigenvalue weighted by molar-refractivity contribution is -0.149. The molecule has 1 aliphatic carbocycles. The van der Waals surface area contributed by atoms with Gasteiger partial charge in [-0.05, 0) is 25.7 Å². The highest BCUT2D eigenvalue weighted by Crippen LogP contribution is 2.44. The minimum Gasteiger partial charge on any atom is -0.481 e. The van der Waals surface area contributed by atoms with E-state index in [1.54, 1.807) is 0 Å². The average Bonchev–Trinajstić information content (AvgIpc) is 2.70. The van der Waals surface area contributed by atoms with Crippen molar-refractivity contribution in [1.82, 2.24) is 10.6 Å². The average molecular weight is 256 g/mol. The number of carbonyl (C=O) groups excluding carboxylic acids is 2. The minimum absolute atomic E-state index is 0.0813. The number of amides is 3. The molecule has 6 heteroatoms. The van der Waals surface area contributed by atoms with Gasteiger partial charge in [0, 0.05) is 12.5 Å². The fourth-order valence-corrected chi connectivity index (χ4v) is 1.56. The summed E-state index contributed by atoms with van der Waals surface area (Å²) in [6, 6.07) is -0.477. The van der Waals surface area contributed by atoms with E-state index in [0.29, 0.717) is 0 Å². The summed E-state index contributed by atoms with van der Waals surface area (Å²) in [6.07, 6.45) is 0.652. The van der Waals surface area contributed by atoms with Crippen molar-refractivity contribution in [3.05, 3.63) is 0 Å². The Morgan fingerprint density at radius 1 is 1.33 bits per heavy atom. The molecule has 1 atom stereocenters. The van der Waals surface area contributed by atoms with Gasteiger partial charge in [-0.2, -0.15) is 0 Å². The topological polar surface area (TPSA) is 95.5 Å². The minimum atomic E-state index is -1.18.